The van der Waals surface area contributed by atoms with Gasteiger partial charge >= 0.3 is 5.97 Å². The number of carbonyl (C=O) groups is 1. The molecule has 0 amide bonds. The lowest BCUT2D eigenvalue weighted by molar-refractivity contribution is 0.0697. The number of hydrogen-bond acceptors (Lipinski definition) is 5. The van der Waals surface area contributed by atoms with E-state index in [2.05, 4.69) is 19.7 Å². The van der Waals surface area contributed by atoms with Crippen molar-refractivity contribution in [2.24, 2.45) is 0 Å². The van der Waals surface area contributed by atoms with Crippen LogP contribution in [0.2, 0.25) is 0 Å². The highest BCUT2D eigenvalue weighted by Crippen LogP contribution is 2.13. The van der Waals surface area contributed by atoms with Gasteiger partial charge < -0.3 is 10.1 Å². The SMILES string of the molecule is CCc1ncc(S(=O)(=O)Nc2cc(C(=O)O)ccn2)[nH]1. The van der Waals surface area contributed by atoms with Crippen LogP contribution in [-0.4, -0.2) is 34.4 Å². The van der Waals surface area contributed by atoms with Crippen LogP contribution in [0.25, 0.3) is 0 Å². The molecule has 20 heavy (non-hydrogen) atoms. The molecule has 0 unspecified atom stereocenters. The molecule has 2 aromatic rings. The number of carboxylic acids is 1. The third-order valence-electron chi connectivity index (χ3n) is 2.48. The zero-order chi connectivity index (χ0) is 14.8. The molecular weight excluding hydrogens is 284 g/mol. The Morgan fingerprint density at radius 1 is 1.45 bits per heavy atom. The number of aromatic carboxylic acids is 1. The summed E-state index contributed by atoms with van der Waals surface area (Å²) in [6.45, 7) is 1.83. The van der Waals surface area contributed by atoms with Crippen LogP contribution in [0.5, 0.6) is 0 Å². The number of hydrogen-bond donors (Lipinski definition) is 3. The van der Waals surface area contributed by atoms with Gasteiger partial charge in [0.25, 0.3) is 10.0 Å². The van der Waals surface area contributed by atoms with Gasteiger partial charge in [-0.15, -0.1) is 0 Å². The molecule has 0 bridgehead atoms. The third kappa shape index (κ3) is 2.94. The fraction of sp³-hybridized carbons (Fsp3) is 0.182. The summed E-state index contributed by atoms with van der Waals surface area (Å²) in [5, 5.41) is 8.74. The van der Waals surface area contributed by atoms with Gasteiger partial charge in [-0.3, -0.25) is 4.72 Å². The highest BCUT2D eigenvalue weighted by molar-refractivity contribution is 7.92. The first-order chi connectivity index (χ1) is 9.42. The molecule has 0 atom stereocenters. The van der Waals surface area contributed by atoms with Crippen molar-refractivity contribution in [3.63, 3.8) is 0 Å². The zero-order valence-electron chi connectivity index (χ0n) is 10.5. The van der Waals surface area contributed by atoms with Crippen LogP contribution in [0.3, 0.4) is 0 Å². The first-order valence-corrected chi connectivity index (χ1v) is 7.16. The lowest BCUT2D eigenvalue weighted by atomic mass is 10.3. The highest BCUT2D eigenvalue weighted by Gasteiger charge is 2.18. The fourth-order valence-corrected chi connectivity index (χ4v) is 2.41. The Bertz CT molecular complexity index is 738. The second-order valence-corrected chi connectivity index (χ2v) is 5.54. The maximum atomic E-state index is 12.0. The summed E-state index contributed by atoms with van der Waals surface area (Å²) in [6.07, 6.45) is 2.98. The van der Waals surface area contributed by atoms with Crippen LogP contribution in [0, 0.1) is 0 Å². The highest BCUT2D eigenvalue weighted by atomic mass is 32.2. The second-order valence-electron chi connectivity index (χ2n) is 3.89. The number of nitrogens with zero attached hydrogens (tertiary/aromatic N) is 2. The van der Waals surface area contributed by atoms with Crippen LogP contribution >= 0.6 is 0 Å². The number of pyridine rings is 1. The van der Waals surface area contributed by atoms with E-state index >= 15 is 0 Å². The maximum absolute atomic E-state index is 12.0. The van der Waals surface area contributed by atoms with Gasteiger partial charge in [0.1, 0.15) is 11.6 Å². The van der Waals surface area contributed by atoms with E-state index < -0.39 is 16.0 Å². The fourth-order valence-electron chi connectivity index (χ4n) is 1.47. The third-order valence-corrected chi connectivity index (χ3v) is 3.74. The number of aromatic nitrogens is 3. The number of sulfonamides is 1. The molecule has 106 valence electrons. The Labute approximate surface area is 114 Å². The number of rotatable bonds is 5. The van der Waals surface area contributed by atoms with Crippen LogP contribution in [-0.2, 0) is 16.4 Å². The minimum absolute atomic E-state index is 0.0587. The Hall–Kier alpha value is -2.42. The van der Waals surface area contributed by atoms with Gasteiger partial charge in [-0.25, -0.2) is 14.8 Å². The first kappa shape index (κ1) is 14.0. The number of H-pyrrole nitrogens is 1. The van der Waals surface area contributed by atoms with Crippen LogP contribution in [0.1, 0.15) is 23.1 Å². The summed E-state index contributed by atoms with van der Waals surface area (Å²) in [6, 6.07) is 2.41. The smallest absolute Gasteiger partial charge is 0.335 e. The maximum Gasteiger partial charge on any atom is 0.335 e. The van der Waals surface area contributed by atoms with Crippen LogP contribution in [0.4, 0.5) is 5.82 Å². The van der Waals surface area contributed by atoms with Gasteiger partial charge in [-0.1, -0.05) is 6.92 Å². The number of anilines is 1. The monoisotopic (exact) mass is 296 g/mol. The van der Waals surface area contributed by atoms with E-state index in [1.54, 1.807) is 0 Å². The molecular formula is C11H12N4O4S. The van der Waals surface area contributed by atoms with E-state index in [1.165, 1.54) is 18.5 Å². The van der Waals surface area contributed by atoms with Crippen molar-refractivity contribution in [3.8, 4) is 0 Å². The van der Waals surface area contributed by atoms with Crippen molar-refractivity contribution < 1.29 is 18.3 Å². The lowest BCUT2D eigenvalue weighted by Crippen LogP contribution is -2.15. The summed E-state index contributed by atoms with van der Waals surface area (Å²) >= 11 is 0. The van der Waals surface area contributed by atoms with Crippen molar-refractivity contribution in [2.75, 3.05) is 4.72 Å². The van der Waals surface area contributed by atoms with Gasteiger partial charge in [-0.05, 0) is 12.1 Å². The summed E-state index contributed by atoms with van der Waals surface area (Å²) in [5.41, 5.74) is -0.0587. The molecule has 0 aliphatic heterocycles. The quantitative estimate of drug-likeness (QED) is 0.751. The Morgan fingerprint density at radius 2 is 2.20 bits per heavy atom. The molecule has 0 saturated carbocycles. The molecule has 2 aromatic heterocycles. The lowest BCUT2D eigenvalue weighted by Gasteiger charge is -2.05. The van der Waals surface area contributed by atoms with E-state index in [-0.39, 0.29) is 16.4 Å². The topological polar surface area (TPSA) is 125 Å². The molecule has 0 aliphatic carbocycles. The van der Waals surface area contributed by atoms with Crippen molar-refractivity contribution in [3.05, 3.63) is 35.9 Å². The van der Waals surface area contributed by atoms with Crippen molar-refractivity contribution in [2.45, 2.75) is 18.4 Å². The molecule has 0 saturated heterocycles. The Balaban J connectivity index is 2.28. The van der Waals surface area contributed by atoms with Gasteiger partial charge in [-0.2, -0.15) is 8.42 Å². The summed E-state index contributed by atoms with van der Waals surface area (Å²) in [4.78, 5) is 21.1. The molecule has 0 aliphatic rings. The molecule has 0 spiro atoms. The predicted molar refractivity (Wildman–Crippen MR) is 70.0 cm³/mol. The van der Waals surface area contributed by atoms with Crippen LogP contribution in [0.15, 0.2) is 29.6 Å². The summed E-state index contributed by atoms with van der Waals surface area (Å²) in [5.74, 6) is -0.696. The number of imidazole rings is 1. The normalized spacial score (nSPS) is 11.2. The van der Waals surface area contributed by atoms with Gasteiger partial charge in [0.15, 0.2) is 5.03 Å². The van der Waals surface area contributed by atoms with Gasteiger partial charge in [0, 0.05) is 12.6 Å². The number of aromatic amines is 1. The van der Waals surface area contributed by atoms with E-state index in [1.807, 2.05) is 6.92 Å². The van der Waals surface area contributed by atoms with E-state index in [4.69, 9.17) is 5.11 Å². The van der Waals surface area contributed by atoms with Crippen molar-refractivity contribution in [1.82, 2.24) is 15.0 Å². The molecule has 8 nitrogen and oxygen atoms in total. The number of aryl methyl sites for hydroxylation is 1. The molecule has 0 aromatic carbocycles. The number of carboxylic acid groups (broad SMARTS) is 1. The van der Waals surface area contributed by atoms with E-state index in [0.717, 1.165) is 6.07 Å². The molecule has 9 heteroatoms. The molecule has 3 N–H and O–H groups in total. The average molecular weight is 296 g/mol. The number of nitrogens with one attached hydrogen (secondary N) is 2. The van der Waals surface area contributed by atoms with Crippen LogP contribution < -0.4 is 4.72 Å². The Morgan fingerprint density at radius 3 is 2.80 bits per heavy atom. The largest absolute Gasteiger partial charge is 0.478 e. The summed E-state index contributed by atoms with van der Waals surface area (Å²) < 4.78 is 26.3. The molecule has 2 heterocycles. The minimum Gasteiger partial charge on any atom is -0.478 e. The van der Waals surface area contributed by atoms with E-state index in [9.17, 15) is 13.2 Å². The van der Waals surface area contributed by atoms with Crippen molar-refractivity contribution >= 4 is 21.8 Å². The van der Waals surface area contributed by atoms with E-state index in [0.29, 0.717) is 12.2 Å². The predicted octanol–water partition coefficient (Wildman–Crippen LogP) is 0.866. The molecule has 0 fully saturated rings. The Kier molecular flexibility index (Phi) is 3.70. The molecule has 0 radical (unpaired) electrons. The first-order valence-electron chi connectivity index (χ1n) is 5.68. The van der Waals surface area contributed by atoms with Gasteiger partial charge in [0.2, 0.25) is 0 Å². The zero-order valence-corrected chi connectivity index (χ0v) is 11.3. The van der Waals surface area contributed by atoms with Crippen molar-refractivity contribution in [1.29, 1.82) is 0 Å². The molecule has 2 rings (SSSR count). The second kappa shape index (κ2) is 5.29. The summed E-state index contributed by atoms with van der Waals surface area (Å²) in [7, 11) is -3.87. The minimum atomic E-state index is -3.87. The average Bonchev–Trinajstić information content (AvgIpc) is 2.88. The standard InChI is InChI=1S/C11H12N4O4S/c1-2-8-13-6-10(14-8)20(18,19)15-9-5-7(11(16)17)3-4-12-9/h3-6H,2H2,1H3,(H,12,15)(H,13,14)(H,16,17). The van der Waals surface area contributed by atoms with Gasteiger partial charge in [0.05, 0.1) is 11.8 Å².